The Morgan fingerprint density at radius 2 is 1.90 bits per heavy atom. The summed E-state index contributed by atoms with van der Waals surface area (Å²) in [4.78, 5) is 17.2. The maximum atomic E-state index is 10.4. The van der Waals surface area contributed by atoms with Gasteiger partial charge in [-0.2, -0.15) is 0 Å². The minimum Gasteiger partial charge on any atom is -0.371 e. The van der Waals surface area contributed by atoms with Crippen molar-refractivity contribution in [3.8, 4) is 0 Å². The third-order valence-corrected chi connectivity index (χ3v) is 3.96. The fourth-order valence-electron chi connectivity index (χ4n) is 2.80. The minimum atomic E-state index is 0.483. The van der Waals surface area contributed by atoms with Crippen LogP contribution in [0.2, 0.25) is 0 Å². The molecule has 0 spiro atoms. The molecule has 0 amide bonds. The summed E-state index contributed by atoms with van der Waals surface area (Å²) in [6, 6.07) is 7.48. The van der Waals surface area contributed by atoms with Crippen LogP contribution in [0.15, 0.2) is 42.0 Å². The monoisotopic (exact) mass is 270 g/mol. The van der Waals surface area contributed by atoms with Crippen molar-refractivity contribution >= 4 is 11.4 Å². The number of rotatable bonds is 3. The van der Waals surface area contributed by atoms with Crippen molar-refractivity contribution in [3.05, 3.63) is 47.4 Å². The molecule has 0 saturated carbocycles. The fourth-order valence-corrected chi connectivity index (χ4v) is 2.80. The smallest absolute Gasteiger partial charge is 0.108 e. The molecule has 104 valence electrons. The molecule has 0 bridgehead atoms. The highest BCUT2D eigenvalue weighted by molar-refractivity contribution is 5.53. The van der Waals surface area contributed by atoms with Crippen molar-refractivity contribution in [2.45, 2.75) is 18.8 Å². The Morgan fingerprint density at radius 1 is 1.20 bits per heavy atom. The summed E-state index contributed by atoms with van der Waals surface area (Å²) in [5.41, 5.74) is 2.85. The summed E-state index contributed by atoms with van der Waals surface area (Å²) < 4.78 is 2.01. The summed E-state index contributed by atoms with van der Waals surface area (Å²) in [6.45, 7) is 2.05. The van der Waals surface area contributed by atoms with Crippen molar-refractivity contribution in [2.75, 3.05) is 18.0 Å². The van der Waals surface area contributed by atoms with Crippen LogP contribution in [0.1, 0.15) is 24.5 Å². The summed E-state index contributed by atoms with van der Waals surface area (Å²) in [5.74, 6) is 0.559. The van der Waals surface area contributed by atoms with Gasteiger partial charge in [-0.25, -0.2) is 4.98 Å². The van der Waals surface area contributed by atoms with Crippen LogP contribution < -0.4 is 4.90 Å². The Balaban J connectivity index is 1.64. The van der Waals surface area contributed by atoms with Gasteiger partial charge in [-0.1, -0.05) is 0 Å². The number of anilines is 1. The number of imidazole rings is 1. The third kappa shape index (κ3) is 2.57. The molecule has 0 aliphatic carbocycles. The Morgan fingerprint density at radius 3 is 2.45 bits per heavy atom. The molecule has 1 fully saturated rings. The van der Waals surface area contributed by atoms with Gasteiger partial charge in [-0.15, -0.1) is 4.91 Å². The topological polar surface area (TPSA) is 50.5 Å². The Labute approximate surface area is 118 Å². The second-order valence-electron chi connectivity index (χ2n) is 5.33. The molecule has 0 radical (unpaired) electrons. The molecule has 2 heterocycles. The first kappa shape index (κ1) is 12.8. The van der Waals surface area contributed by atoms with E-state index in [4.69, 9.17) is 0 Å². The normalized spacial score (nSPS) is 16.4. The second-order valence-corrected chi connectivity index (χ2v) is 5.33. The molecular formula is C15H18N4O. The average molecular weight is 270 g/mol. The number of benzene rings is 1. The van der Waals surface area contributed by atoms with E-state index in [1.54, 1.807) is 12.1 Å². The molecular weight excluding hydrogens is 252 g/mol. The van der Waals surface area contributed by atoms with E-state index in [-0.39, 0.29) is 0 Å². The summed E-state index contributed by atoms with van der Waals surface area (Å²) in [5, 5.41) is 2.93. The molecule has 1 aliphatic rings. The van der Waals surface area contributed by atoms with Gasteiger partial charge in [0.2, 0.25) is 0 Å². The number of aromatic nitrogens is 2. The zero-order valence-corrected chi connectivity index (χ0v) is 11.6. The standard InChI is InChI=1S/C15H18N4O/c1-18-10-15(16-11-18)12-6-8-19(9-7-12)14-4-2-13(17-20)3-5-14/h2-5,10-12H,6-9H2,1H3. The van der Waals surface area contributed by atoms with Gasteiger partial charge in [0.05, 0.1) is 12.0 Å². The van der Waals surface area contributed by atoms with E-state index in [2.05, 4.69) is 21.3 Å². The van der Waals surface area contributed by atoms with E-state index >= 15 is 0 Å². The van der Waals surface area contributed by atoms with Crippen molar-refractivity contribution in [2.24, 2.45) is 12.2 Å². The zero-order chi connectivity index (χ0) is 13.9. The van der Waals surface area contributed by atoms with Crippen LogP contribution in [0.25, 0.3) is 0 Å². The van der Waals surface area contributed by atoms with Crippen LogP contribution in [0.5, 0.6) is 0 Å². The quantitative estimate of drug-likeness (QED) is 0.805. The summed E-state index contributed by atoms with van der Waals surface area (Å²) in [6.07, 6.45) is 6.22. The molecule has 2 aromatic rings. The first-order valence-electron chi connectivity index (χ1n) is 6.92. The minimum absolute atomic E-state index is 0.483. The number of nitroso groups, excluding NO2 is 1. The van der Waals surface area contributed by atoms with Gasteiger partial charge in [0.1, 0.15) is 5.69 Å². The molecule has 20 heavy (non-hydrogen) atoms. The van der Waals surface area contributed by atoms with Gasteiger partial charge < -0.3 is 9.47 Å². The summed E-state index contributed by atoms with van der Waals surface area (Å²) in [7, 11) is 2.01. The van der Waals surface area contributed by atoms with Crippen molar-refractivity contribution < 1.29 is 0 Å². The lowest BCUT2D eigenvalue weighted by atomic mass is 9.94. The average Bonchev–Trinajstić information content (AvgIpc) is 2.94. The molecule has 5 heteroatoms. The maximum Gasteiger partial charge on any atom is 0.108 e. The van der Waals surface area contributed by atoms with Crippen LogP contribution in [-0.2, 0) is 7.05 Å². The van der Waals surface area contributed by atoms with Crippen LogP contribution in [0.3, 0.4) is 0 Å². The van der Waals surface area contributed by atoms with Crippen LogP contribution >= 0.6 is 0 Å². The highest BCUT2D eigenvalue weighted by atomic mass is 16.3. The fraction of sp³-hybridized carbons (Fsp3) is 0.400. The van der Waals surface area contributed by atoms with Crippen LogP contribution in [0.4, 0.5) is 11.4 Å². The largest absolute Gasteiger partial charge is 0.371 e. The van der Waals surface area contributed by atoms with Gasteiger partial charge in [0.25, 0.3) is 0 Å². The first-order valence-corrected chi connectivity index (χ1v) is 6.92. The van der Waals surface area contributed by atoms with Crippen molar-refractivity contribution in [3.63, 3.8) is 0 Å². The van der Waals surface area contributed by atoms with Gasteiger partial charge in [0.15, 0.2) is 0 Å². The van der Waals surface area contributed by atoms with E-state index in [0.29, 0.717) is 11.6 Å². The molecule has 5 nitrogen and oxygen atoms in total. The van der Waals surface area contributed by atoms with Crippen LogP contribution in [-0.4, -0.2) is 22.6 Å². The van der Waals surface area contributed by atoms with E-state index in [1.165, 1.54) is 5.69 Å². The predicted molar refractivity (Wildman–Crippen MR) is 79.3 cm³/mol. The second kappa shape index (κ2) is 5.45. The van der Waals surface area contributed by atoms with Gasteiger partial charge in [-0.3, -0.25) is 0 Å². The zero-order valence-electron chi connectivity index (χ0n) is 11.6. The van der Waals surface area contributed by atoms with E-state index < -0.39 is 0 Å². The van der Waals surface area contributed by atoms with Crippen molar-refractivity contribution in [1.82, 2.24) is 9.55 Å². The van der Waals surface area contributed by atoms with Crippen molar-refractivity contribution in [1.29, 1.82) is 0 Å². The number of hydrogen-bond donors (Lipinski definition) is 0. The molecule has 1 saturated heterocycles. The highest BCUT2D eigenvalue weighted by Crippen LogP contribution is 2.30. The lowest BCUT2D eigenvalue weighted by Gasteiger charge is -2.33. The number of aryl methyl sites for hydroxylation is 1. The maximum absolute atomic E-state index is 10.4. The summed E-state index contributed by atoms with van der Waals surface area (Å²) >= 11 is 0. The Hall–Kier alpha value is -2.17. The molecule has 1 aromatic heterocycles. The Kier molecular flexibility index (Phi) is 3.50. The lowest BCUT2D eigenvalue weighted by molar-refractivity contribution is 0.497. The molecule has 0 N–H and O–H groups in total. The SMILES string of the molecule is Cn1cnc(C2CCN(c3ccc(N=O)cc3)CC2)c1. The first-order chi connectivity index (χ1) is 9.76. The van der Waals surface area contributed by atoms with Gasteiger partial charge in [0, 0.05) is 37.9 Å². The van der Waals surface area contributed by atoms with Gasteiger partial charge >= 0.3 is 0 Å². The molecule has 0 unspecified atom stereocenters. The molecule has 0 atom stereocenters. The molecule has 1 aliphatic heterocycles. The predicted octanol–water partition coefficient (Wildman–Crippen LogP) is 3.20. The number of nitrogens with zero attached hydrogens (tertiary/aromatic N) is 4. The number of hydrogen-bond acceptors (Lipinski definition) is 4. The Bertz CT molecular complexity index is 582. The number of piperidine rings is 1. The van der Waals surface area contributed by atoms with E-state index in [1.807, 2.05) is 30.1 Å². The molecule has 1 aromatic carbocycles. The van der Waals surface area contributed by atoms with E-state index in [0.717, 1.165) is 31.6 Å². The highest BCUT2D eigenvalue weighted by Gasteiger charge is 2.22. The molecule has 3 rings (SSSR count). The van der Waals surface area contributed by atoms with E-state index in [9.17, 15) is 4.91 Å². The van der Waals surface area contributed by atoms with Gasteiger partial charge in [-0.05, 0) is 42.3 Å². The van der Waals surface area contributed by atoms with Crippen LogP contribution in [0, 0.1) is 4.91 Å². The lowest BCUT2D eigenvalue weighted by Crippen LogP contribution is -2.32. The third-order valence-electron chi connectivity index (χ3n) is 3.96.